The van der Waals surface area contributed by atoms with Gasteiger partial charge in [-0.25, -0.2) is 4.79 Å². The summed E-state index contributed by atoms with van der Waals surface area (Å²) in [7, 11) is 0. The molecule has 0 aliphatic rings. The van der Waals surface area contributed by atoms with Crippen LogP contribution in [0.3, 0.4) is 0 Å². The molecule has 0 aliphatic carbocycles. The van der Waals surface area contributed by atoms with E-state index in [-0.39, 0.29) is 6.42 Å². The maximum Gasteiger partial charge on any atom is 0.326 e. The Morgan fingerprint density at radius 3 is 1.87 bits per heavy atom. The Morgan fingerprint density at radius 2 is 1.43 bits per heavy atom. The number of carbonyl (C=O) groups excluding carboxylic acids is 3. The second-order valence-corrected chi connectivity index (χ2v) is 7.42. The van der Waals surface area contributed by atoms with Crippen LogP contribution in [0.25, 0.3) is 0 Å². The number of aliphatic carboxylic acids is 1. The van der Waals surface area contributed by atoms with Gasteiger partial charge in [-0.15, -0.1) is 0 Å². The molecule has 5 unspecified atom stereocenters. The van der Waals surface area contributed by atoms with E-state index < -0.39 is 66.5 Å². The summed E-state index contributed by atoms with van der Waals surface area (Å²) in [5, 5.41) is 35.1. The van der Waals surface area contributed by atoms with Crippen LogP contribution in [-0.2, 0) is 19.2 Å². The van der Waals surface area contributed by atoms with E-state index in [0.717, 1.165) is 0 Å². The molecule has 0 aromatic rings. The molecule has 174 valence electrons. The van der Waals surface area contributed by atoms with Crippen LogP contribution in [0.15, 0.2) is 0 Å². The Bertz CT molecular complexity index is 585. The fourth-order valence-corrected chi connectivity index (χ4v) is 2.48. The number of carbonyl (C=O) groups is 4. The molecule has 5 atom stereocenters. The lowest BCUT2D eigenvalue weighted by Crippen LogP contribution is -2.59. The number of unbranched alkanes of at least 4 members (excludes halogenated alkanes) is 1. The van der Waals surface area contributed by atoms with Crippen molar-refractivity contribution >= 4 is 23.7 Å². The molecule has 0 rings (SSSR count). The number of nitrogens with two attached hydrogens (primary N) is 2. The van der Waals surface area contributed by atoms with Gasteiger partial charge in [-0.05, 0) is 38.6 Å². The second kappa shape index (κ2) is 13.9. The quantitative estimate of drug-likeness (QED) is 0.131. The Balaban J connectivity index is 5.23. The normalized spacial score (nSPS) is 16.1. The molecule has 0 aliphatic heterocycles. The van der Waals surface area contributed by atoms with Gasteiger partial charge >= 0.3 is 5.97 Å². The highest BCUT2D eigenvalue weighted by atomic mass is 16.4. The first-order valence-electron chi connectivity index (χ1n) is 9.84. The first-order chi connectivity index (χ1) is 14.0. The van der Waals surface area contributed by atoms with Gasteiger partial charge in [-0.2, -0.15) is 0 Å². The SMILES string of the molecule is CC(C)C(NC(=O)C(CO)NC(=O)C(CCCCN)NC(=O)C(N)C(C)O)C(=O)O. The minimum atomic E-state index is -1.42. The topological polar surface area (TPSA) is 217 Å². The molecular formula is C18H35N5O7. The number of nitrogens with one attached hydrogen (secondary N) is 3. The number of carboxylic acid groups (broad SMARTS) is 1. The van der Waals surface area contributed by atoms with Crippen LogP contribution in [0, 0.1) is 5.92 Å². The fourth-order valence-electron chi connectivity index (χ4n) is 2.48. The van der Waals surface area contributed by atoms with Crippen LogP contribution in [0.5, 0.6) is 0 Å². The summed E-state index contributed by atoms with van der Waals surface area (Å²) < 4.78 is 0. The van der Waals surface area contributed by atoms with Crippen molar-refractivity contribution in [3.63, 3.8) is 0 Å². The van der Waals surface area contributed by atoms with E-state index in [4.69, 9.17) is 11.5 Å². The molecule has 0 saturated heterocycles. The van der Waals surface area contributed by atoms with Crippen molar-refractivity contribution < 1.29 is 34.5 Å². The highest BCUT2D eigenvalue weighted by Gasteiger charge is 2.31. The highest BCUT2D eigenvalue weighted by Crippen LogP contribution is 2.05. The molecule has 0 aromatic heterocycles. The van der Waals surface area contributed by atoms with Gasteiger partial charge in [-0.1, -0.05) is 13.8 Å². The molecule has 12 nitrogen and oxygen atoms in total. The third-order valence-corrected chi connectivity index (χ3v) is 4.45. The second-order valence-electron chi connectivity index (χ2n) is 7.42. The molecule has 30 heavy (non-hydrogen) atoms. The van der Waals surface area contributed by atoms with Crippen LogP contribution in [-0.4, -0.2) is 82.4 Å². The van der Waals surface area contributed by atoms with E-state index >= 15 is 0 Å². The van der Waals surface area contributed by atoms with Gasteiger partial charge in [0.1, 0.15) is 24.2 Å². The summed E-state index contributed by atoms with van der Waals surface area (Å²) in [4.78, 5) is 48.3. The Morgan fingerprint density at radius 1 is 0.900 bits per heavy atom. The molecule has 0 saturated carbocycles. The maximum absolute atomic E-state index is 12.6. The Hall–Kier alpha value is -2.28. The third-order valence-electron chi connectivity index (χ3n) is 4.45. The van der Waals surface area contributed by atoms with Crippen molar-refractivity contribution in [2.24, 2.45) is 17.4 Å². The molecule has 0 fully saturated rings. The van der Waals surface area contributed by atoms with Crippen molar-refractivity contribution in [1.29, 1.82) is 0 Å². The zero-order valence-corrected chi connectivity index (χ0v) is 17.6. The van der Waals surface area contributed by atoms with Crippen LogP contribution in [0.2, 0.25) is 0 Å². The minimum Gasteiger partial charge on any atom is -0.480 e. The lowest BCUT2D eigenvalue weighted by molar-refractivity contribution is -0.143. The highest BCUT2D eigenvalue weighted by molar-refractivity contribution is 5.94. The number of hydrogen-bond donors (Lipinski definition) is 8. The van der Waals surface area contributed by atoms with E-state index in [1.807, 2.05) is 0 Å². The van der Waals surface area contributed by atoms with Gasteiger partial charge < -0.3 is 42.7 Å². The average molecular weight is 434 g/mol. The van der Waals surface area contributed by atoms with Crippen LogP contribution < -0.4 is 27.4 Å². The zero-order valence-electron chi connectivity index (χ0n) is 17.6. The standard InChI is InChI=1S/C18H35N5O7/c1-9(2)14(18(29)30)23-16(27)12(8-24)22-15(26)11(6-4-5-7-19)21-17(28)13(20)10(3)25/h9-14,24-25H,4-8,19-20H2,1-3H3,(H,21,28)(H,22,26)(H,23,27)(H,29,30). The summed E-state index contributed by atoms with van der Waals surface area (Å²) in [5.41, 5.74) is 11.0. The fraction of sp³-hybridized carbons (Fsp3) is 0.778. The number of hydrogen-bond acceptors (Lipinski definition) is 8. The molecule has 12 heteroatoms. The lowest BCUT2D eigenvalue weighted by Gasteiger charge is -2.25. The number of aliphatic hydroxyl groups is 2. The van der Waals surface area contributed by atoms with Crippen molar-refractivity contribution in [2.45, 2.75) is 70.3 Å². The summed E-state index contributed by atoms with van der Waals surface area (Å²) in [6, 6.07) is -4.96. The van der Waals surface area contributed by atoms with E-state index in [1.54, 1.807) is 13.8 Å². The van der Waals surface area contributed by atoms with Crippen LogP contribution >= 0.6 is 0 Å². The van der Waals surface area contributed by atoms with E-state index in [1.165, 1.54) is 6.92 Å². The van der Waals surface area contributed by atoms with E-state index in [9.17, 15) is 34.5 Å². The molecule has 0 aromatic carbocycles. The van der Waals surface area contributed by atoms with Crippen molar-refractivity contribution in [3.8, 4) is 0 Å². The van der Waals surface area contributed by atoms with E-state index in [0.29, 0.717) is 19.4 Å². The molecule has 0 heterocycles. The first kappa shape index (κ1) is 27.7. The Labute approximate surface area is 175 Å². The minimum absolute atomic E-state index is 0.185. The van der Waals surface area contributed by atoms with E-state index in [2.05, 4.69) is 16.0 Å². The predicted octanol–water partition coefficient (Wildman–Crippen LogP) is -2.99. The summed E-state index contributed by atoms with van der Waals surface area (Å²) in [5.74, 6) is -4.07. The van der Waals surface area contributed by atoms with Crippen LogP contribution in [0.4, 0.5) is 0 Å². The number of aliphatic hydroxyl groups excluding tert-OH is 2. The first-order valence-corrected chi connectivity index (χ1v) is 9.84. The summed E-state index contributed by atoms with van der Waals surface area (Å²) in [6.45, 7) is 4.12. The number of carboxylic acids is 1. The predicted molar refractivity (Wildman–Crippen MR) is 108 cm³/mol. The van der Waals surface area contributed by atoms with Gasteiger partial charge in [0.25, 0.3) is 0 Å². The number of amides is 3. The molecule has 10 N–H and O–H groups in total. The Kier molecular flexibility index (Phi) is 12.8. The lowest BCUT2D eigenvalue weighted by atomic mass is 10.0. The van der Waals surface area contributed by atoms with Gasteiger partial charge in [0.2, 0.25) is 17.7 Å². The van der Waals surface area contributed by atoms with Crippen LogP contribution in [0.1, 0.15) is 40.0 Å². The van der Waals surface area contributed by atoms with Crippen molar-refractivity contribution in [1.82, 2.24) is 16.0 Å². The molecule has 0 bridgehead atoms. The summed E-state index contributed by atoms with van der Waals surface area (Å²) in [6.07, 6.45) is 0.118. The van der Waals surface area contributed by atoms with Gasteiger partial charge in [0.15, 0.2) is 0 Å². The maximum atomic E-state index is 12.6. The molecule has 0 radical (unpaired) electrons. The molecule has 3 amide bonds. The average Bonchev–Trinajstić information content (AvgIpc) is 2.67. The van der Waals surface area contributed by atoms with Gasteiger partial charge in [0.05, 0.1) is 12.7 Å². The monoisotopic (exact) mass is 433 g/mol. The van der Waals surface area contributed by atoms with Gasteiger partial charge in [-0.3, -0.25) is 14.4 Å². The largest absolute Gasteiger partial charge is 0.480 e. The molecular weight excluding hydrogens is 398 g/mol. The molecule has 0 spiro atoms. The number of rotatable bonds is 14. The summed E-state index contributed by atoms with van der Waals surface area (Å²) >= 11 is 0. The smallest absolute Gasteiger partial charge is 0.326 e. The zero-order chi connectivity index (χ0) is 23.4. The third kappa shape index (κ3) is 9.48. The van der Waals surface area contributed by atoms with Crippen molar-refractivity contribution in [3.05, 3.63) is 0 Å². The van der Waals surface area contributed by atoms with Gasteiger partial charge in [0, 0.05) is 0 Å². The van der Waals surface area contributed by atoms with Crippen molar-refractivity contribution in [2.75, 3.05) is 13.2 Å².